The van der Waals surface area contributed by atoms with Crippen molar-refractivity contribution in [2.45, 2.75) is 36.4 Å². The van der Waals surface area contributed by atoms with Crippen LogP contribution in [0.15, 0.2) is 10.3 Å². The van der Waals surface area contributed by atoms with Gasteiger partial charge in [0.2, 0.25) is 0 Å². The van der Waals surface area contributed by atoms with E-state index in [1.54, 1.807) is 13.1 Å². The third-order valence-electron chi connectivity index (χ3n) is 3.86. The lowest BCUT2D eigenvalue weighted by atomic mass is 10.0. The van der Waals surface area contributed by atoms with Gasteiger partial charge in [-0.2, -0.15) is 4.31 Å². The Labute approximate surface area is 123 Å². The largest absolute Gasteiger partial charge is 0.330 e. The summed E-state index contributed by atoms with van der Waals surface area (Å²) in [5, 5.41) is 0. The first kappa shape index (κ1) is 15.3. The molecule has 0 aromatic carbocycles. The van der Waals surface area contributed by atoms with E-state index in [1.165, 1.54) is 4.31 Å². The molecule has 1 saturated carbocycles. The van der Waals surface area contributed by atoms with E-state index in [-0.39, 0.29) is 12.0 Å². The van der Waals surface area contributed by atoms with E-state index in [0.29, 0.717) is 15.1 Å². The summed E-state index contributed by atoms with van der Waals surface area (Å²) in [5.41, 5.74) is 6.54. The van der Waals surface area contributed by atoms with Gasteiger partial charge in [0.15, 0.2) is 0 Å². The van der Waals surface area contributed by atoms with Crippen molar-refractivity contribution in [3.05, 3.63) is 16.0 Å². The number of rotatable bonds is 4. The van der Waals surface area contributed by atoms with Crippen molar-refractivity contribution in [1.82, 2.24) is 4.31 Å². The van der Waals surface area contributed by atoms with Gasteiger partial charge in [-0.05, 0) is 43.9 Å². The molecule has 2 atom stereocenters. The Morgan fingerprint density at radius 2 is 2.21 bits per heavy atom. The fraction of sp³-hybridized carbons (Fsp3) is 0.667. The van der Waals surface area contributed by atoms with E-state index in [2.05, 4.69) is 0 Å². The van der Waals surface area contributed by atoms with Crippen LogP contribution in [0.25, 0.3) is 0 Å². The smallest absolute Gasteiger partial charge is 0.252 e. The van der Waals surface area contributed by atoms with Crippen LogP contribution in [-0.2, 0) is 10.0 Å². The monoisotopic (exact) mass is 322 g/mol. The van der Waals surface area contributed by atoms with Crippen LogP contribution in [0.2, 0.25) is 4.34 Å². The van der Waals surface area contributed by atoms with Crippen LogP contribution in [0.5, 0.6) is 0 Å². The molecule has 108 valence electrons. The van der Waals surface area contributed by atoms with Crippen molar-refractivity contribution in [1.29, 1.82) is 0 Å². The summed E-state index contributed by atoms with van der Waals surface area (Å²) >= 11 is 7.09. The summed E-state index contributed by atoms with van der Waals surface area (Å²) in [6.07, 6.45) is 2.93. The van der Waals surface area contributed by atoms with Crippen LogP contribution in [0.4, 0.5) is 0 Å². The average molecular weight is 323 g/mol. The Bertz CT molecular complexity index is 537. The highest BCUT2D eigenvalue weighted by molar-refractivity contribution is 7.91. The zero-order valence-corrected chi connectivity index (χ0v) is 13.5. The van der Waals surface area contributed by atoms with Crippen molar-refractivity contribution in [3.8, 4) is 0 Å². The number of sulfonamides is 1. The molecule has 1 aliphatic rings. The molecule has 0 spiro atoms. The van der Waals surface area contributed by atoms with Crippen LogP contribution < -0.4 is 5.73 Å². The molecule has 2 rings (SSSR count). The summed E-state index contributed by atoms with van der Waals surface area (Å²) < 4.78 is 27.5. The molecule has 19 heavy (non-hydrogen) atoms. The van der Waals surface area contributed by atoms with Crippen LogP contribution in [0.1, 0.15) is 24.8 Å². The third-order valence-corrected chi connectivity index (χ3v) is 7.74. The minimum atomic E-state index is -3.46. The number of thiophene rings is 1. The number of hydrogen-bond donors (Lipinski definition) is 1. The molecule has 2 unspecified atom stereocenters. The van der Waals surface area contributed by atoms with Gasteiger partial charge in [-0.15, -0.1) is 11.3 Å². The fourth-order valence-electron chi connectivity index (χ4n) is 2.65. The van der Waals surface area contributed by atoms with Gasteiger partial charge in [0.05, 0.1) is 4.34 Å². The van der Waals surface area contributed by atoms with Gasteiger partial charge in [-0.1, -0.05) is 18.0 Å². The third kappa shape index (κ3) is 2.83. The maximum Gasteiger partial charge on any atom is 0.252 e. The summed E-state index contributed by atoms with van der Waals surface area (Å²) in [6, 6.07) is 1.65. The van der Waals surface area contributed by atoms with Gasteiger partial charge >= 0.3 is 0 Å². The summed E-state index contributed by atoms with van der Waals surface area (Å²) in [6.45, 7) is 2.35. The van der Waals surface area contributed by atoms with Crippen LogP contribution in [0.3, 0.4) is 0 Å². The van der Waals surface area contributed by atoms with E-state index < -0.39 is 10.0 Å². The summed E-state index contributed by atoms with van der Waals surface area (Å²) in [7, 11) is -1.81. The maximum absolute atomic E-state index is 12.6. The molecule has 4 nitrogen and oxygen atoms in total. The molecule has 1 heterocycles. The zero-order chi connectivity index (χ0) is 14.2. The molecular formula is C12H19ClN2O2S2. The zero-order valence-electron chi connectivity index (χ0n) is 11.1. The fourth-order valence-corrected chi connectivity index (χ4v) is 5.99. The Morgan fingerprint density at radius 3 is 2.74 bits per heavy atom. The first-order chi connectivity index (χ1) is 8.87. The van der Waals surface area contributed by atoms with Crippen molar-refractivity contribution < 1.29 is 8.42 Å². The molecule has 1 aliphatic carbocycles. The lowest BCUT2D eigenvalue weighted by molar-refractivity contribution is 0.305. The lowest BCUT2D eigenvalue weighted by Gasteiger charge is -2.27. The van der Waals surface area contributed by atoms with E-state index in [4.69, 9.17) is 17.3 Å². The maximum atomic E-state index is 12.6. The van der Waals surface area contributed by atoms with Crippen molar-refractivity contribution in [2.75, 3.05) is 13.6 Å². The first-order valence-corrected chi connectivity index (χ1v) is 8.95. The Hall–Kier alpha value is -0.140. The van der Waals surface area contributed by atoms with E-state index in [1.807, 2.05) is 6.92 Å². The molecule has 0 aliphatic heterocycles. The highest BCUT2D eigenvalue weighted by Crippen LogP contribution is 2.36. The van der Waals surface area contributed by atoms with Crippen LogP contribution in [-0.4, -0.2) is 32.4 Å². The molecule has 0 amide bonds. The number of nitrogens with two attached hydrogens (primary N) is 1. The Balaban J connectivity index is 2.29. The molecule has 1 aromatic heterocycles. The number of halogens is 1. The molecule has 0 bridgehead atoms. The molecule has 0 radical (unpaired) electrons. The van der Waals surface area contributed by atoms with Gasteiger partial charge in [0.25, 0.3) is 10.0 Å². The SMILES string of the molecule is Cc1cc(S(=O)(=O)N(C)C2CCCC2CN)sc1Cl. The van der Waals surface area contributed by atoms with E-state index >= 15 is 0 Å². The van der Waals surface area contributed by atoms with Crippen molar-refractivity contribution >= 4 is 33.0 Å². The van der Waals surface area contributed by atoms with E-state index in [0.717, 1.165) is 36.2 Å². The summed E-state index contributed by atoms with van der Waals surface area (Å²) in [5.74, 6) is 0.260. The van der Waals surface area contributed by atoms with Gasteiger partial charge < -0.3 is 5.73 Å². The Morgan fingerprint density at radius 1 is 1.53 bits per heavy atom. The highest BCUT2D eigenvalue weighted by atomic mass is 35.5. The minimum absolute atomic E-state index is 0.0104. The lowest BCUT2D eigenvalue weighted by Crippen LogP contribution is -2.41. The van der Waals surface area contributed by atoms with Crippen LogP contribution in [0, 0.1) is 12.8 Å². The molecule has 2 N–H and O–H groups in total. The molecule has 1 fully saturated rings. The quantitative estimate of drug-likeness (QED) is 0.926. The molecule has 1 aromatic rings. The predicted octanol–water partition coefficient (Wildman–Crippen LogP) is 2.46. The topological polar surface area (TPSA) is 63.4 Å². The van der Waals surface area contributed by atoms with E-state index in [9.17, 15) is 8.42 Å². The Kier molecular flexibility index (Phi) is 4.57. The van der Waals surface area contributed by atoms with Crippen molar-refractivity contribution in [2.24, 2.45) is 11.7 Å². The molecule has 7 heteroatoms. The molecule has 0 saturated heterocycles. The van der Waals surface area contributed by atoms with Crippen molar-refractivity contribution in [3.63, 3.8) is 0 Å². The normalized spacial score (nSPS) is 24.3. The summed E-state index contributed by atoms with van der Waals surface area (Å²) in [4.78, 5) is 0. The standard InChI is InChI=1S/C12H19ClN2O2S2/c1-8-6-11(18-12(8)13)19(16,17)15(2)10-5-3-4-9(10)7-14/h6,9-10H,3-5,7,14H2,1-2H3. The number of nitrogens with zero attached hydrogens (tertiary/aromatic N) is 1. The minimum Gasteiger partial charge on any atom is -0.330 e. The second-order valence-electron chi connectivity index (χ2n) is 5.04. The molecular weight excluding hydrogens is 304 g/mol. The van der Waals surface area contributed by atoms with Gasteiger partial charge in [0.1, 0.15) is 4.21 Å². The average Bonchev–Trinajstić information content (AvgIpc) is 2.96. The first-order valence-electron chi connectivity index (χ1n) is 6.32. The second-order valence-corrected chi connectivity index (χ2v) is 8.92. The van der Waals surface area contributed by atoms with Gasteiger partial charge in [-0.25, -0.2) is 8.42 Å². The van der Waals surface area contributed by atoms with Gasteiger partial charge in [0, 0.05) is 13.1 Å². The number of hydrogen-bond acceptors (Lipinski definition) is 4. The predicted molar refractivity (Wildman–Crippen MR) is 79.2 cm³/mol. The number of aryl methyl sites for hydroxylation is 1. The van der Waals surface area contributed by atoms with Crippen LogP contribution >= 0.6 is 22.9 Å². The second kappa shape index (κ2) is 5.69. The van der Waals surface area contributed by atoms with Gasteiger partial charge in [-0.3, -0.25) is 0 Å². The highest BCUT2D eigenvalue weighted by Gasteiger charge is 2.36.